The van der Waals surface area contributed by atoms with Crippen LogP contribution in [-0.2, 0) is 7.05 Å². The molecule has 0 aliphatic carbocycles. The Hall–Kier alpha value is -3.55. The number of anilines is 1. The highest BCUT2D eigenvalue weighted by molar-refractivity contribution is 6.13. The quantitative estimate of drug-likeness (QED) is 0.611. The van der Waals surface area contributed by atoms with Crippen molar-refractivity contribution in [1.82, 2.24) is 24.9 Å². The molecule has 0 saturated carbocycles. The summed E-state index contributed by atoms with van der Waals surface area (Å²) in [6.07, 6.45) is 5.09. The van der Waals surface area contributed by atoms with E-state index in [1.54, 1.807) is 42.2 Å². The van der Waals surface area contributed by atoms with Crippen molar-refractivity contribution in [2.75, 3.05) is 5.32 Å². The average molecular weight is 348 g/mol. The highest BCUT2D eigenvalue weighted by Gasteiger charge is 2.20. The van der Waals surface area contributed by atoms with Crippen molar-refractivity contribution in [3.05, 3.63) is 53.7 Å². The van der Waals surface area contributed by atoms with Crippen molar-refractivity contribution in [1.29, 1.82) is 0 Å². The highest BCUT2D eigenvalue weighted by Crippen LogP contribution is 2.28. The number of carbonyl (C=O) groups excluding carboxylic acids is 1. The second kappa shape index (κ2) is 6.07. The number of hydrogen-bond donors (Lipinski definition) is 1. The Morgan fingerprint density at radius 1 is 1.19 bits per heavy atom. The standard InChI is InChI=1S/C18H16N6O2/c1-10-14(9-24(3)22-10)15-8-13(16-11(2)23-26-18(16)21-15)17(25)20-12-4-6-19-7-5-12/h4-9H,1-3H3,(H,19,20,25). The van der Waals surface area contributed by atoms with Crippen LogP contribution >= 0.6 is 0 Å². The Morgan fingerprint density at radius 2 is 1.96 bits per heavy atom. The number of hydrogen-bond acceptors (Lipinski definition) is 6. The van der Waals surface area contributed by atoms with Crippen molar-refractivity contribution in [2.24, 2.45) is 7.05 Å². The maximum Gasteiger partial charge on any atom is 0.259 e. The summed E-state index contributed by atoms with van der Waals surface area (Å²) in [6, 6.07) is 5.19. The fraction of sp³-hybridized carbons (Fsp3) is 0.167. The minimum absolute atomic E-state index is 0.266. The highest BCUT2D eigenvalue weighted by atomic mass is 16.5. The van der Waals surface area contributed by atoms with Crippen LogP contribution in [0.1, 0.15) is 21.7 Å². The van der Waals surface area contributed by atoms with Gasteiger partial charge in [-0.3, -0.25) is 14.5 Å². The summed E-state index contributed by atoms with van der Waals surface area (Å²) in [5.41, 5.74) is 4.30. The number of nitrogens with one attached hydrogen (secondary N) is 1. The maximum absolute atomic E-state index is 12.9. The minimum Gasteiger partial charge on any atom is -0.335 e. The van der Waals surface area contributed by atoms with Crippen LogP contribution < -0.4 is 5.32 Å². The number of pyridine rings is 2. The largest absolute Gasteiger partial charge is 0.335 e. The van der Waals surface area contributed by atoms with Crippen LogP contribution in [0, 0.1) is 13.8 Å². The Bertz CT molecular complexity index is 1110. The van der Waals surface area contributed by atoms with E-state index in [1.807, 2.05) is 20.2 Å². The lowest BCUT2D eigenvalue weighted by Gasteiger charge is -2.07. The van der Waals surface area contributed by atoms with E-state index in [1.165, 1.54) is 0 Å². The summed E-state index contributed by atoms with van der Waals surface area (Å²) < 4.78 is 7.03. The lowest BCUT2D eigenvalue weighted by molar-refractivity contribution is 0.102. The molecule has 0 aromatic carbocycles. The van der Waals surface area contributed by atoms with Gasteiger partial charge in [-0.2, -0.15) is 5.10 Å². The van der Waals surface area contributed by atoms with E-state index in [0.717, 1.165) is 11.3 Å². The number of amides is 1. The summed E-state index contributed by atoms with van der Waals surface area (Å²) in [5.74, 6) is -0.266. The van der Waals surface area contributed by atoms with Gasteiger partial charge in [0.25, 0.3) is 11.6 Å². The molecule has 1 N–H and O–H groups in total. The van der Waals surface area contributed by atoms with Gasteiger partial charge in [-0.05, 0) is 32.0 Å². The van der Waals surface area contributed by atoms with Gasteiger partial charge in [-0.1, -0.05) is 5.16 Å². The van der Waals surface area contributed by atoms with Crippen LogP contribution in [0.2, 0.25) is 0 Å². The number of carbonyl (C=O) groups is 1. The molecule has 26 heavy (non-hydrogen) atoms. The second-order valence-corrected chi connectivity index (χ2v) is 6.00. The van der Waals surface area contributed by atoms with Crippen molar-refractivity contribution in [3.8, 4) is 11.3 Å². The molecule has 1 amide bonds. The average Bonchev–Trinajstić information content (AvgIpc) is 3.17. The third-order valence-electron chi connectivity index (χ3n) is 4.09. The van der Waals surface area contributed by atoms with Crippen LogP contribution in [-0.4, -0.2) is 30.8 Å². The van der Waals surface area contributed by atoms with Crippen molar-refractivity contribution in [2.45, 2.75) is 13.8 Å². The fourth-order valence-corrected chi connectivity index (χ4v) is 2.90. The molecule has 4 rings (SSSR count). The first-order valence-corrected chi connectivity index (χ1v) is 8.02. The van der Waals surface area contributed by atoms with Gasteiger partial charge in [0.2, 0.25) is 0 Å². The van der Waals surface area contributed by atoms with Crippen LogP contribution in [0.15, 0.2) is 41.3 Å². The Labute approximate surface area is 148 Å². The lowest BCUT2D eigenvalue weighted by atomic mass is 10.1. The van der Waals surface area contributed by atoms with E-state index in [9.17, 15) is 4.79 Å². The SMILES string of the molecule is Cc1nn(C)cc1-c1cc(C(=O)Nc2ccncc2)c2c(C)noc2n1. The van der Waals surface area contributed by atoms with E-state index >= 15 is 0 Å². The molecular formula is C18H16N6O2. The van der Waals surface area contributed by atoms with Crippen LogP contribution in [0.3, 0.4) is 0 Å². The third kappa shape index (κ3) is 2.71. The van der Waals surface area contributed by atoms with Gasteiger partial charge in [0.1, 0.15) is 0 Å². The number of aryl methyl sites for hydroxylation is 3. The third-order valence-corrected chi connectivity index (χ3v) is 4.09. The molecule has 0 radical (unpaired) electrons. The smallest absolute Gasteiger partial charge is 0.259 e. The minimum atomic E-state index is -0.266. The summed E-state index contributed by atoms with van der Waals surface area (Å²) >= 11 is 0. The monoisotopic (exact) mass is 348 g/mol. The van der Waals surface area contributed by atoms with Gasteiger partial charge in [-0.15, -0.1) is 0 Å². The van der Waals surface area contributed by atoms with E-state index in [-0.39, 0.29) is 5.91 Å². The molecule has 8 nitrogen and oxygen atoms in total. The lowest BCUT2D eigenvalue weighted by Crippen LogP contribution is -2.13. The second-order valence-electron chi connectivity index (χ2n) is 6.00. The normalized spacial score (nSPS) is 11.0. The van der Waals surface area contributed by atoms with Crippen LogP contribution in [0.4, 0.5) is 5.69 Å². The van der Waals surface area contributed by atoms with Gasteiger partial charge < -0.3 is 9.84 Å². The molecule has 0 spiro atoms. The molecule has 8 heteroatoms. The van der Waals surface area contributed by atoms with E-state index in [4.69, 9.17) is 4.52 Å². The molecule has 0 aliphatic heterocycles. The van der Waals surface area contributed by atoms with Crippen molar-refractivity contribution in [3.63, 3.8) is 0 Å². The molecular weight excluding hydrogens is 332 g/mol. The first kappa shape index (κ1) is 15.9. The predicted octanol–water partition coefficient (Wildman–Crippen LogP) is 2.89. The predicted molar refractivity (Wildman–Crippen MR) is 95.7 cm³/mol. The molecule has 4 aromatic heterocycles. The Balaban J connectivity index is 1.85. The summed E-state index contributed by atoms with van der Waals surface area (Å²) in [7, 11) is 1.84. The zero-order valence-corrected chi connectivity index (χ0v) is 14.5. The summed E-state index contributed by atoms with van der Waals surface area (Å²) in [4.78, 5) is 21.4. The molecule has 4 aromatic rings. The van der Waals surface area contributed by atoms with Crippen molar-refractivity contribution >= 4 is 22.7 Å². The first-order valence-electron chi connectivity index (χ1n) is 8.02. The Morgan fingerprint density at radius 3 is 2.65 bits per heavy atom. The molecule has 4 heterocycles. The van der Waals surface area contributed by atoms with Gasteiger partial charge in [0.05, 0.1) is 28.0 Å². The summed E-state index contributed by atoms with van der Waals surface area (Å²) in [6.45, 7) is 3.68. The van der Waals surface area contributed by atoms with Gasteiger partial charge in [0, 0.05) is 36.9 Å². The number of rotatable bonds is 3. The number of fused-ring (bicyclic) bond motifs is 1. The molecule has 0 bridgehead atoms. The summed E-state index contributed by atoms with van der Waals surface area (Å²) in [5, 5.41) is 11.8. The van der Waals surface area contributed by atoms with Crippen molar-refractivity contribution < 1.29 is 9.32 Å². The van der Waals surface area contributed by atoms with Crippen LogP contribution in [0.5, 0.6) is 0 Å². The zero-order valence-electron chi connectivity index (χ0n) is 14.5. The molecule has 0 saturated heterocycles. The fourth-order valence-electron chi connectivity index (χ4n) is 2.90. The zero-order chi connectivity index (χ0) is 18.3. The molecule has 0 fully saturated rings. The van der Waals surface area contributed by atoms with Gasteiger partial charge in [0.15, 0.2) is 0 Å². The molecule has 0 unspecified atom stereocenters. The topological polar surface area (TPSA) is 98.7 Å². The number of nitrogens with zero attached hydrogens (tertiary/aromatic N) is 5. The van der Waals surface area contributed by atoms with E-state index in [2.05, 4.69) is 25.5 Å². The van der Waals surface area contributed by atoms with E-state index in [0.29, 0.717) is 33.7 Å². The Kier molecular flexibility index (Phi) is 3.72. The van der Waals surface area contributed by atoms with Crippen LogP contribution in [0.25, 0.3) is 22.4 Å². The number of aromatic nitrogens is 5. The molecule has 130 valence electrons. The van der Waals surface area contributed by atoms with E-state index < -0.39 is 0 Å². The molecule has 0 atom stereocenters. The van der Waals surface area contributed by atoms with Gasteiger partial charge >= 0.3 is 0 Å². The van der Waals surface area contributed by atoms with Gasteiger partial charge in [-0.25, -0.2) is 4.98 Å². The molecule has 0 aliphatic rings. The first-order chi connectivity index (χ1) is 12.5. The maximum atomic E-state index is 12.9.